The second-order valence-electron chi connectivity index (χ2n) is 9.01. The number of aromatic nitrogens is 2. The molecule has 0 saturated heterocycles. The lowest BCUT2D eigenvalue weighted by Crippen LogP contribution is -2.54. The minimum atomic E-state index is -0.160. The highest BCUT2D eigenvalue weighted by Gasteiger charge is 2.54. The standard InChI is InChI=1S/C19H29N3O2/c1-11(2)4-16(17-22-21-12(3)24-17)20-18(23)19-8-13-5-14(9-19)7-15(6-13)10-19/h11,13-16H,4-10H2,1-3H3,(H,20,23). The minimum Gasteiger partial charge on any atom is -0.423 e. The van der Waals surface area contributed by atoms with E-state index in [9.17, 15) is 4.79 Å². The Morgan fingerprint density at radius 1 is 1.17 bits per heavy atom. The normalized spacial score (nSPS) is 35.4. The molecule has 5 rings (SSSR count). The largest absolute Gasteiger partial charge is 0.423 e. The Morgan fingerprint density at radius 2 is 1.75 bits per heavy atom. The van der Waals surface area contributed by atoms with Gasteiger partial charge in [0.1, 0.15) is 6.04 Å². The summed E-state index contributed by atoms with van der Waals surface area (Å²) < 4.78 is 5.63. The van der Waals surface area contributed by atoms with E-state index in [0.717, 1.165) is 43.4 Å². The Balaban J connectivity index is 1.52. The monoisotopic (exact) mass is 331 g/mol. The molecule has 1 unspecified atom stereocenters. The Bertz CT molecular complexity index is 587. The molecule has 132 valence electrons. The van der Waals surface area contributed by atoms with E-state index >= 15 is 0 Å². The summed E-state index contributed by atoms with van der Waals surface area (Å²) in [6.07, 6.45) is 8.15. The molecule has 4 bridgehead atoms. The topological polar surface area (TPSA) is 68.0 Å². The van der Waals surface area contributed by atoms with Gasteiger partial charge in [0.05, 0.1) is 0 Å². The maximum atomic E-state index is 13.3. The van der Waals surface area contributed by atoms with Crippen molar-refractivity contribution >= 4 is 5.91 Å². The summed E-state index contributed by atoms with van der Waals surface area (Å²) in [6.45, 7) is 6.12. The molecule has 1 aromatic rings. The molecular weight excluding hydrogens is 302 g/mol. The zero-order valence-corrected chi connectivity index (χ0v) is 15.0. The van der Waals surface area contributed by atoms with Crippen molar-refractivity contribution in [3.8, 4) is 0 Å². The number of hydrogen-bond donors (Lipinski definition) is 1. The average molecular weight is 331 g/mol. The van der Waals surface area contributed by atoms with Crippen LogP contribution in [0.15, 0.2) is 4.42 Å². The fourth-order valence-corrected chi connectivity index (χ4v) is 5.85. The van der Waals surface area contributed by atoms with Gasteiger partial charge in [-0.3, -0.25) is 4.79 Å². The van der Waals surface area contributed by atoms with E-state index in [1.807, 2.05) is 0 Å². The van der Waals surface area contributed by atoms with Gasteiger partial charge in [-0.15, -0.1) is 10.2 Å². The average Bonchev–Trinajstić information content (AvgIpc) is 2.91. The molecule has 1 atom stereocenters. The predicted molar refractivity (Wildman–Crippen MR) is 90.0 cm³/mol. The Hall–Kier alpha value is -1.39. The summed E-state index contributed by atoms with van der Waals surface area (Å²) in [7, 11) is 0. The molecule has 1 aromatic heterocycles. The molecule has 4 saturated carbocycles. The van der Waals surface area contributed by atoms with Crippen LogP contribution in [0.25, 0.3) is 0 Å². The molecule has 0 spiro atoms. The zero-order chi connectivity index (χ0) is 16.9. The molecular formula is C19H29N3O2. The van der Waals surface area contributed by atoms with E-state index < -0.39 is 0 Å². The SMILES string of the molecule is Cc1nnc(C(CC(C)C)NC(=O)C23CC4CC(CC(C4)C2)C3)o1. The van der Waals surface area contributed by atoms with Gasteiger partial charge in [-0.2, -0.15) is 0 Å². The highest BCUT2D eigenvalue weighted by molar-refractivity contribution is 5.83. The maximum absolute atomic E-state index is 13.3. The molecule has 0 radical (unpaired) electrons. The quantitative estimate of drug-likeness (QED) is 0.891. The van der Waals surface area contributed by atoms with Gasteiger partial charge in [0.2, 0.25) is 17.7 Å². The third kappa shape index (κ3) is 2.86. The van der Waals surface area contributed by atoms with E-state index in [0.29, 0.717) is 17.7 Å². The van der Waals surface area contributed by atoms with Crippen LogP contribution >= 0.6 is 0 Å². The summed E-state index contributed by atoms with van der Waals surface area (Å²) in [5.41, 5.74) is -0.126. The van der Waals surface area contributed by atoms with Crippen LogP contribution < -0.4 is 5.32 Å². The van der Waals surface area contributed by atoms with Crippen molar-refractivity contribution in [2.75, 3.05) is 0 Å². The van der Waals surface area contributed by atoms with Gasteiger partial charge in [0.15, 0.2) is 0 Å². The number of carbonyl (C=O) groups excluding carboxylic acids is 1. The lowest BCUT2D eigenvalue weighted by atomic mass is 9.49. The van der Waals surface area contributed by atoms with E-state index in [1.54, 1.807) is 6.92 Å². The van der Waals surface area contributed by atoms with Gasteiger partial charge >= 0.3 is 0 Å². The lowest BCUT2D eigenvalue weighted by Gasteiger charge is -2.55. The van der Waals surface area contributed by atoms with Gasteiger partial charge in [0.25, 0.3) is 0 Å². The van der Waals surface area contributed by atoms with Gasteiger partial charge in [-0.05, 0) is 68.6 Å². The first-order valence-electron chi connectivity index (χ1n) is 9.54. The molecule has 1 N–H and O–H groups in total. The summed E-state index contributed by atoms with van der Waals surface area (Å²) in [5, 5.41) is 11.4. The molecule has 0 aromatic carbocycles. The van der Waals surface area contributed by atoms with Crippen molar-refractivity contribution < 1.29 is 9.21 Å². The Labute approximate surface area is 144 Å². The first kappa shape index (κ1) is 16.1. The molecule has 4 fully saturated rings. The van der Waals surface area contributed by atoms with Crippen LogP contribution in [0.2, 0.25) is 0 Å². The number of carbonyl (C=O) groups is 1. The van der Waals surface area contributed by atoms with Crippen LogP contribution in [0.1, 0.15) is 76.6 Å². The van der Waals surface area contributed by atoms with Gasteiger partial charge in [0, 0.05) is 12.3 Å². The molecule has 5 nitrogen and oxygen atoms in total. The van der Waals surface area contributed by atoms with Crippen molar-refractivity contribution in [3.63, 3.8) is 0 Å². The second-order valence-corrected chi connectivity index (χ2v) is 9.01. The lowest BCUT2D eigenvalue weighted by molar-refractivity contribution is -0.147. The number of hydrogen-bond acceptors (Lipinski definition) is 4. The summed E-state index contributed by atoms with van der Waals surface area (Å²) in [4.78, 5) is 13.3. The van der Waals surface area contributed by atoms with Crippen LogP contribution in [0.3, 0.4) is 0 Å². The van der Waals surface area contributed by atoms with Crippen LogP contribution in [0, 0.1) is 36.0 Å². The van der Waals surface area contributed by atoms with Gasteiger partial charge < -0.3 is 9.73 Å². The zero-order valence-electron chi connectivity index (χ0n) is 15.0. The van der Waals surface area contributed by atoms with Gasteiger partial charge in [-0.25, -0.2) is 0 Å². The van der Waals surface area contributed by atoms with Crippen LogP contribution in [0.4, 0.5) is 0 Å². The fraction of sp³-hybridized carbons (Fsp3) is 0.842. The predicted octanol–water partition coefficient (Wildman–Crippen LogP) is 3.80. The minimum absolute atomic E-state index is 0.126. The molecule has 4 aliphatic rings. The molecule has 1 heterocycles. The van der Waals surface area contributed by atoms with Crippen LogP contribution in [-0.2, 0) is 4.79 Å². The van der Waals surface area contributed by atoms with E-state index in [1.165, 1.54) is 19.3 Å². The first-order chi connectivity index (χ1) is 11.4. The highest BCUT2D eigenvalue weighted by Crippen LogP contribution is 2.60. The summed E-state index contributed by atoms with van der Waals surface area (Å²) in [5.74, 6) is 4.13. The molecule has 5 heteroatoms. The van der Waals surface area contributed by atoms with Crippen LogP contribution in [-0.4, -0.2) is 16.1 Å². The number of rotatable bonds is 5. The summed E-state index contributed by atoms with van der Waals surface area (Å²) in [6, 6.07) is -0.160. The van der Waals surface area contributed by atoms with Crippen molar-refractivity contribution in [2.24, 2.45) is 29.1 Å². The number of amides is 1. The first-order valence-corrected chi connectivity index (χ1v) is 9.54. The fourth-order valence-electron chi connectivity index (χ4n) is 5.85. The third-order valence-corrected chi connectivity index (χ3v) is 6.37. The molecule has 0 aliphatic heterocycles. The third-order valence-electron chi connectivity index (χ3n) is 6.37. The molecule has 4 aliphatic carbocycles. The van der Waals surface area contributed by atoms with E-state index in [2.05, 4.69) is 29.4 Å². The van der Waals surface area contributed by atoms with Crippen molar-refractivity contribution in [1.82, 2.24) is 15.5 Å². The Morgan fingerprint density at radius 3 is 2.21 bits per heavy atom. The summed E-state index contributed by atoms with van der Waals surface area (Å²) >= 11 is 0. The number of nitrogens with one attached hydrogen (secondary N) is 1. The highest BCUT2D eigenvalue weighted by atomic mass is 16.4. The van der Waals surface area contributed by atoms with Crippen molar-refractivity contribution in [2.45, 2.75) is 71.8 Å². The van der Waals surface area contributed by atoms with E-state index in [4.69, 9.17) is 4.42 Å². The Kier molecular flexibility index (Phi) is 3.92. The van der Waals surface area contributed by atoms with Crippen LogP contribution in [0.5, 0.6) is 0 Å². The van der Waals surface area contributed by atoms with E-state index in [-0.39, 0.29) is 17.4 Å². The maximum Gasteiger partial charge on any atom is 0.238 e. The molecule has 1 amide bonds. The second kappa shape index (κ2) is 5.85. The van der Waals surface area contributed by atoms with Crippen molar-refractivity contribution in [1.29, 1.82) is 0 Å². The van der Waals surface area contributed by atoms with Crippen molar-refractivity contribution in [3.05, 3.63) is 11.8 Å². The number of nitrogens with zero attached hydrogens (tertiary/aromatic N) is 2. The number of aryl methyl sites for hydroxylation is 1. The molecule has 24 heavy (non-hydrogen) atoms. The van der Waals surface area contributed by atoms with Gasteiger partial charge in [-0.1, -0.05) is 13.8 Å². The smallest absolute Gasteiger partial charge is 0.238 e.